The zero-order chi connectivity index (χ0) is 25.9. The van der Waals surface area contributed by atoms with Gasteiger partial charge in [-0.05, 0) is 20.8 Å². The van der Waals surface area contributed by atoms with Gasteiger partial charge in [-0.2, -0.15) is 8.78 Å². The van der Waals surface area contributed by atoms with Gasteiger partial charge in [-0.15, -0.1) is 0 Å². The van der Waals surface area contributed by atoms with Crippen molar-refractivity contribution in [3.05, 3.63) is 29.1 Å². The number of benzene rings is 1. The lowest BCUT2D eigenvalue weighted by Crippen LogP contribution is -2.36. The summed E-state index contributed by atoms with van der Waals surface area (Å²) < 4.78 is 91.1. The number of amides is 1. The highest BCUT2D eigenvalue weighted by Gasteiger charge is 2.28. The van der Waals surface area contributed by atoms with Crippen molar-refractivity contribution in [2.45, 2.75) is 32.8 Å². The first-order valence-electron chi connectivity index (χ1n) is 10.2. The maximum atomic E-state index is 13.5. The van der Waals surface area contributed by atoms with Crippen LogP contribution in [0.5, 0.6) is 5.75 Å². The zero-order valence-corrected chi connectivity index (χ0v) is 19.4. The third-order valence-electron chi connectivity index (χ3n) is 3.86. The minimum Gasteiger partial charge on any atom is -0.444 e. The summed E-state index contributed by atoms with van der Waals surface area (Å²) in [5.41, 5.74) is -0.584. The van der Waals surface area contributed by atoms with Crippen LogP contribution in [0.3, 0.4) is 0 Å². The molecule has 1 rings (SSSR count). The molecule has 1 aromatic rings. The molecule has 0 aliphatic carbocycles. The van der Waals surface area contributed by atoms with E-state index >= 15 is 0 Å². The average Bonchev–Trinajstić information content (AvgIpc) is 2.76. The Morgan fingerprint density at radius 3 is 1.68 bits per heavy atom. The number of halogens is 5. The van der Waals surface area contributed by atoms with E-state index in [4.69, 9.17) is 18.9 Å². The molecule has 0 atom stereocenters. The first kappa shape index (κ1) is 29.5. The minimum absolute atomic E-state index is 0.0667. The Labute approximate surface area is 193 Å². The molecular formula is C21H28F5NO7. The van der Waals surface area contributed by atoms with Gasteiger partial charge < -0.3 is 28.6 Å². The summed E-state index contributed by atoms with van der Waals surface area (Å²) in [6.07, 6.45) is -0.950. The number of hydrogen-bond acceptors (Lipinski definition) is 7. The second-order valence-corrected chi connectivity index (χ2v) is 7.86. The Bertz CT molecular complexity index is 804. The molecule has 0 aromatic heterocycles. The molecule has 0 spiro atoms. The molecule has 0 N–H and O–H groups in total. The fraction of sp³-hybridized carbons (Fsp3) is 0.619. The van der Waals surface area contributed by atoms with Crippen LogP contribution in [0.25, 0.3) is 0 Å². The van der Waals surface area contributed by atoms with Gasteiger partial charge in [0, 0.05) is 13.6 Å². The summed E-state index contributed by atoms with van der Waals surface area (Å²) in [7, 11) is 1.59. The number of nitrogens with zero attached hydrogens (tertiary/aromatic N) is 1. The second kappa shape index (κ2) is 14.0. The van der Waals surface area contributed by atoms with Crippen molar-refractivity contribution in [3.8, 4) is 5.75 Å². The number of carbonyl (C=O) groups is 2. The summed E-state index contributed by atoms with van der Waals surface area (Å²) >= 11 is 0. The zero-order valence-electron chi connectivity index (χ0n) is 19.4. The summed E-state index contributed by atoms with van der Waals surface area (Å²) in [6.45, 7) is 6.39. The van der Waals surface area contributed by atoms with Crippen LogP contribution in [0.15, 0.2) is 0 Å². The molecule has 0 aliphatic rings. The molecule has 0 aliphatic heterocycles. The lowest BCUT2D eigenvalue weighted by Gasteiger charge is -2.24. The van der Waals surface area contributed by atoms with Gasteiger partial charge in [0.2, 0.25) is 34.8 Å². The molecule has 8 nitrogen and oxygen atoms in total. The van der Waals surface area contributed by atoms with Crippen molar-refractivity contribution in [1.82, 2.24) is 4.90 Å². The molecule has 1 aromatic carbocycles. The van der Waals surface area contributed by atoms with Crippen molar-refractivity contribution >= 4 is 12.1 Å². The van der Waals surface area contributed by atoms with Gasteiger partial charge in [0.15, 0.2) is 0 Å². The van der Waals surface area contributed by atoms with Gasteiger partial charge in [-0.1, -0.05) is 0 Å². The van der Waals surface area contributed by atoms with E-state index in [2.05, 4.69) is 4.74 Å². The summed E-state index contributed by atoms with van der Waals surface area (Å²) in [6, 6.07) is 0. The van der Waals surface area contributed by atoms with Gasteiger partial charge in [-0.25, -0.2) is 18.0 Å². The number of hydrogen-bond donors (Lipinski definition) is 0. The van der Waals surface area contributed by atoms with Crippen LogP contribution in [0.2, 0.25) is 0 Å². The van der Waals surface area contributed by atoms with Crippen molar-refractivity contribution in [2.24, 2.45) is 0 Å². The number of carbonyl (C=O) groups excluding carboxylic acids is 2. The molecule has 1 amide bonds. The quantitative estimate of drug-likeness (QED) is 0.102. The second-order valence-electron chi connectivity index (χ2n) is 7.86. The molecule has 0 unspecified atom stereocenters. The summed E-state index contributed by atoms with van der Waals surface area (Å²) in [4.78, 5) is 24.7. The van der Waals surface area contributed by atoms with E-state index in [0.29, 0.717) is 6.54 Å². The van der Waals surface area contributed by atoms with E-state index < -0.39 is 58.9 Å². The first-order chi connectivity index (χ1) is 15.8. The Morgan fingerprint density at radius 2 is 1.18 bits per heavy atom. The van der Waals surface area contributed by atoms with Gasteiger partial charge in [0.1, 0.15) is 5.60 Å². The maximum absolute atomic E-state index is 13.5. The Balaban J connectivity index is 2.11. The smallest absolute Gasteiger partial charge is 0.410 e. The lowest BCUT2D eigenvalue weighted by atomic mass is 10.2. The van der Waals surface area contributed by atoms with Gasteiger partial charge in [-0.3, -0.25) is 4.79 Å². The average molecular weight is 501 g/mol. The van der Waals surface area contributed by atoms with Crippen LogP contribution in [-0.4, -0.2) is 75.8 Å². The van der Waals surface area contributed by atoms with E-state index in [9.17, 15) is 31.5 Å². The summed E-state index contributed by atoms with van der Waals surface area (Å²) in [5, 5.41) is 0. The molecule has 0 heterocycles. The third-order valence-corrected chi connectivity index (χ3v) is 3.86. The van der Waals surface area contributed by atoms with E-state index in [1.807, 2.05) is 0 Å². The van der Waals surface area contributed by atoms with Crippen molar-refractivity contribution < 1.29 is 55.2 Å². The lowest BCUT2D eigenvalue weighted by molar-refractivity contribution is -0.136. The van der Waals surface area contributed by atoms with Crippen molar-refractivity contribution in [2.75, 3.05) is 53.2 Å². The topological polar surface area (TPSA) is 83.5 Å². The molecule has 0 radical (unpaired) electrons. The number of esters is 1. The van der Waals surface area contributed by atoms with Crippen molar-refractivity contribution in [1.29, 1.82) is 0 Å². The predicted molar refractivity (Wildman–Crippen MR) is 108 cm³/mol. The fourth-order valence-electron chi connectivity index (χ4n) is 2.17. The first-order valence-corrected chi connectivity index (χ1v) is 10.2. The standard InChI is InChI=1S/C21H28F5NO7/c1-21(2,3)34-20(29)27(4)6-8-31-10-12-32-11-9-30-7-5-13(28)33-19-17(25)15(23)14(22)16(24)18(19)26/h5-12H2,1-4H3. The SMILES string of the molecule is CN(CCOCCOCCOCCC(=O)Oc1c(F)c(F)c(F)c(F)c1F)C(=O)OC(C)(C)C. The van der Waals surface area contributed by atoms with Crippen LogP contribution in [0.4, 0.5) is 26.7 Å². The fourth-order valence-corrected chi connectivity index (χ4v) is 2.17. The third kappa shape index (κ3) is 10.2. The Morgan fingerprint density at radius 1 is 0.735 bits per heavy atom. The molecule has 34 heavy (non-hydrogen) atoms. The van der Waals surface area contributed by atoms with Gasteiger partial charge in [0.05, 0.1) is 46.1 Å². The van der Waals surface area contributed by atoms with Crippen LogP contribution in [0.1, 0.15) is 27.2 Å². The van der Waals surface area contributed by atoms with Crippen LogP contribution < -0.4 is 4.74 Å². The van der Waals surface area contributed by atoms with Crippen LogP contribution in [0, 0.1) is 29.1 Å². The summed E-state index contributed by atoms with van der Waals surface area (Å²) in [5.74, 6) is -14.2. The highest BCUT2D eigenvalue weighted by Crippen LogP contribution is 2.29. The molecule has 194 valence electrons. The largest absolute Gasteiger partial charge is 0.444 e. The molecule has 13 heteroatoms. The Kier molecular flexibility index (Phi) is 12.2. The highest BCUT2D eigenvalue weighted by atomic mass is 19.2. The van der Waals surface area contributed by atoms with E-state index in [-0.39, 0.29) is 39.6 Å². The highest BCUT2D eigenvalue weighted by molar-refractivity contribution is 5.72. The van der Waals surface area contributed by atoms with E-state index in [1.165, 1.54) is 4.90 Å². The van der Waals surface area contributed by atoms with Crippen molar-refractivity contribution in [3.63, 3.8) is 0 Å². The van der Waals surface area contributed by atoms with Gasteiger partial charge in [0.25, 0.3) is 0 Å². The predicted octanol–water partition coefficient (Wildman–Crippen LogP) is 3.59. The van der Waals surface area contributed by atoms with E-state index in [0.717, 1.165) is 0 Å². The van der Waals surface area contributed by atoms with Gasteiger partial charge >= 0.3 is 12.1 Å². The maximum Gasteiger partial charge on any atom is 0.410 e. The molecule has 0 bridgehead atoms. The number of rotatable bonds is 13. The minimum atomic E-state index is -2.35. The van der Waals surface area contributed by atoms with E-state index in [1.54, 1.807) is 27.8 Å². The monoisotopic (exact) mass is 501 g/mol. The number of likely N-dealkylation sites (N-methyl/N-ethyl adjacent to an activating group) is 1. The van der Waals surface area contributed by atoms with Crippen LogP contribution >= 0.6 is 0 Å². The molecule has 0 saturated carbocycles. The molecule has 0 fully saturated rings. The normalized spacial score (nSPS) is 11.4. The molecule has 0 saturated heterocycles. The molecular weight excluding hydrogens is 473 g/mol. The van der Waals surface area contributed by atoms with Crippen LogP contribution in [-0.2, 0) is 23.7 Å². The Hall–Kier alpha value is -2.51. The number of ether oxygens (including phenoxy) is 5.